The number of hydrogen-bond donors (Lipinski definition) is 0. The minimum atomic E-state index is -2.57. The molecule has 0 saturated carbocycles. The SMILES string of the molecule is O=Cc1ccc(OCCC(F)F)c(F)c1F. The van der Waals surface area contributed by atoms with E-state index in [0.717, 1.165) is 12.1 Å². The molecule has 0 spiro atoms. The highest BCUT2D eigenvalue weighted by atomic mass is 19.3. The van der Waals surface area contributed by atoms with Gasteiger partial charge in [0.2, 0.25) is 12.2 Å². The molecule has 1 aromatic rings. The summed E-state index contributed by atoms with van der Waals surface area (Å²) in [6.07, 6.45) is -2.99. The Bertz CT molecular complexity index is 379. The predicted molar refractivity (Wildman–Crippen MR) is 47.9 cm³/mol. The van der Waals surface area contributed by atoms with Crippen molar-refractivity contribution in [1.82, 2.24) is 0 Å². The number of ether oxygens (including phenoxy) is 1. The van der Waals surface area contributed by atoms with Crippen LogP contribution >= 0.6 is 0 Å². The number of carbonyl (C=O) groups excluding carboxylic acids is 1. The molecule has 0 aliphatic carbocycles. The number of carbonyl (C=O) groups is 1. The van der Waals surface area contributed by atoms with E-state index in [1.807, 2.05) is 0 Å². The van der Waals surface area contributed by atoms with E-state index >= 15 is 0 Å². The maximum atomic E-state index is 13.1. The molecule has 0 bridgehead atoms. The average molecular weight is 236 g/mol. The normalized spacial score (nSPS) is 10.6. The summed E-state index contributed by atoms with van der Waals surface area (Å²) >= 11 is 0. The van der Waals surface area contributed by atoms with Gasteiger partial charge in [-0.15, -0.1) is 0 Å². The zero-order chi connectivity index (χ0) is 12.1. The molecular weight excluding hydrogens is 228 g/mol. The molecule has 1 aromatic carbocycles. The highest BCUT2D eigenvalue weighted by Crippen LogP contribution is 2.22. The molecular formula is C10H8F4O2. The topological polar surface area (TPSA) is 26.3 Å². The number of alkyl halides is 2. The summed E-state index contributed by atoms with van der Waals surface area (Å²) in [6.45, 7) is -0.422. The summed E-state index contributed by atoms with van der Waals surface area (Å²) in [4.78, 5) is 10.2. The fraction of sp³-hybridized carbons (Fsp3) is 0.300. The van der Waals surface area contributed by atoms with E-state index in [0.29, 0.717) is 0 Å². The van der Waals surface area contributed by atoms with Crippen molar-refractivity contribution in [2.24, 2.45) is 0 Å². The summed E-state index contributed by atoms with van der Waals surface area (Å²) < 4.78 is 54.2. The van der Waals surface area contributed by atoms with Crippen LogP contribution in [0.2, 0.25) is 0 Å². The zero-order valence-corrected chi connectivity index (χ0v) is 8.05. The molecule has 0 unspecified atom stereocenters. The third-order valence-corrected chi connectivity index (χ3v) is 1.80. The Kier molecular flexibility index (Phi) is 4.28. The second-order valence-corrected chi connectivity index (χ2v) is 2.93. The van der Waals surface area contributed by atoms with E-state index in [1.165, 1.54) is 0 Å². The van der Waals surface area contributed by atoms with Crippen LogP contribution in [-0.2, 0) is 0 Å². The Morgan fingerprint density at radius 1 is 1.25 bits per heavy atom. The van der Waals surface area contributed by atoms with E-state index in [4.69, 9.17) is 0 Å². The third-order valence-electron chi connectivity index (χ3n) is 1.80. The summed E-state index contributed by atoms with van der Waals surface area (Å²) in [5.74, 6) is -3.17. The third kappa shape index (κ3) is 2.95. The van der Waals surface area contributed by atoms with E-state index in [1.54, 1.807) is 0 Å². The van der Waals surface area contributed by atoms with Gasteiger partial charge in [-0.25, -0.2) is 13.2 Å². The first-order valence-electron chi connectivity index (χ1n) is 4.40. The summed E-state index contributed by atoms with van der Waals surface area (Å²) in [5.41, 5.74) is -0.446. The molecule has 88 valence electrons. The number of benzene rings is 1. The zero-order valence-electron chi connectivity index (χ0n) is 8.05. The molecule has 0 heterocycles. The Morgan fingerprint density at radius 3 is 2.50 bits per heavy atom. The van der Waals surface area contributed by atoms with Crippen LogP contribution in [0.3, 0.4) is 0 Å². The molecule has 0 amide bonds. The molecule has 0 radical (unpaired) electrons. The molecule has 6 heteroatoms. The lowest BCUT2D eigenvalue weighted by atomic mass is 10.2. The second-order valence-electron chi connectivity index (χ2n) is 2.93. The maximum Gasteiger partial charge on any atom is 0.241 e. The molecule has 0 aliphatic heterocycles. The maximum absolute atomic E-state index is 13.1. The van der Waals surface area contributed by atoms with Gasteiger partial charge < -0.3 is 4.74 Å². The van der Waals surface area contributed by atoms with Crippen molar-refractivity contribution in [3.8, 4) is 5.75 Å². The standard InChI is InChI=1S/C10H8F4O2/c11-8(12)3-4-16-7-2-1-6(5-15)9(13)10(7)14/h1-2,5,8H,3-4H2. The minimum Gasteiger partial charge on any atom is -0.490 e. The number of halogens is 4. The van der Waals surface area contributed by atoms with Gasteiger partial charge in [-0.1, -0.05) is 0 Å². The van der Waals surface area contributed by atoms with Gasteiger partial charge in [-0.05, 0) is 12.1 Å². The van der Waals surface area contributed by atoms with E-state index in [2.05, 4.69) is 4.74 Å². The van der Waals surface area contributed by atoms with Crippen molar-refractivity contribution >= 4 is 6.29 Å². The minimum absolute atomic E-state index is 0.154. The van der Waals surface area contributed by atoms with E-state index in [-0.39, 0.29) is 6.29 Å². The fourth-order valence-corrected chi connectivity index (χ4v) is 1.01. The summed E-state index contributed by atoms with van der Waals surface area (Å²) in [7, 11) is 0. The van der Waals surface area contributed by atoms with Crippen molar-refractivity contribution in [2.75, 3.05) is 6.61 Å². The first kappa shape index (κ1) is 12.5. The Labute approximate surface area is 88.8 Å². The first-order chi connectivity index (χ1) is 7.56. The van der Waals surface area contributed by atoms with Crippen molar-refractivity contribution in [3.63, 3.8) is 0 Å². The summed E-state index contributed by atoms with van der Waals surface area (Å²) in [6, 6.07) is 2.04. The largest absolute Gasteiger partial charge is 0.490 e. The van der Waals surface area contributed by atoms with Crippen molar-refractivity contribution in [3.05, 3.63) is 29.3 Å². The predicted octanol–water partition coefficient (Wildman–Crippen LogP) is 2.81. The van der Waals surface area contributed by atoms with Crippen LogP contribution in [0.15, 0.2) is 12.1 Å². The van der Waals surface area contributed by atoms with Gasteiger partial charge in [-0.2, -0.15) is 4.39 Å². The van der Waals surface area contributed by atoms with Crippen molar-refractivity contribution in [1.29, 1.82) is 0 Å². The fourth-order valence-electron chi connectivity index (χ4n) is 1.01. The van der Waals surface area contributed by atoms with Gasteiger partial charge in [0.15, 0.2) is 17.9 Å². The van der Waals surface area contributed by atoms with Gasteiger partial charge in [0.05, 0.1) is 12.2 Å². The van der Waals surface area contributed by atoms with Gasteiger partial charge in [0.25, 0.3) is 0 Å². The molecule has 0 aromatic heterocycles. The van der Waals surface area contributed by atoms with Gasteiger partial charge in [0, 0.05) is 6.42 Å². The van der Waals surface area contributed by atoms with E-state index in [9.17, 15) is 22.4 Å². The van der Waals surface area contributed by atoms with Crippen LogP contribution in [-0.4, -0.2) is 19.3 Å². The monoisotopic (exact) mass is 236 g/mol. The average Bonchev–Trinajstić information content (AvgIpc) is 2.24. The van der Waals surface area contributed by atoms with Crippen LogP contribution in [0.5, 0.6) is 5.75 Å². The lowest BCUT2D eigenvalue weighted by Gasteiger charge is -2.07. The first-order valence-corrected chi connectivity index (χ1v) is 4.40. The van der Waals surface area contributed by atoms with Crippen LogP contribution < -0.4 is 4.74 Å². The quantitative estimate of drug-likeness (QED) is 0.580. The highest BCUT2D eigenvalue weighted by molar-refractivity contribution is 5.75. The molecule has 1 rings (SSSR count). The summed E-state index contributed by atoms with van der Waals surface area (Å²) in [5, 5.41) is 0. The van der Waals surface area contributed by atoms with Crippen LogP contribution in [0.1, 0.15) is 16.8 Å². The molecule has 0 fully saturated rings. The van der Waals surface area contributed by atoms with Crippen molar-refractivity contribution in [2.45, 2.75) is 12.8 Å². The van der Waals surface area contributed by atoms with Gasteiger partial charge >= 0.3 is 0 Å². The highest BCUT2D eigenvalue weighted by Gasteiger charge is 2.14. The molecule has 2 nitrogen and oxygen atoms in total. The lowest BCUT2D eigenvalue weighted by molar-refractivity contribution is 0.111. The van der Waals surface area contributed by atoms with Gasteiger partial charge in [0.1, 0.15) is 0 Å². The molecule has 0 aliphatic rings. The van der Waals surface area contributed by atoms with Gasteiger partial charge in [-0.3, -0.25) is 4.79 Å². The Hall–Kier alpha value is -1.59. The molecule has 0 atom stereocenters. The Morgan fingerprint density at radius 2 is 1.94 bits per heavy atom. The number of rotatable bonds is 5. The van der Waals surface area contributed by atoms with Crippen molar-refractivity contribution < 1.29 is 27.1 Å². The van der Waals surface area contributed by atoms with Crippen LogP contribution in [0.4, 0.5) is 17.6 Å². The Balaban J connectivity index is 2.75. The lowest BCUT2D eigenvalue weighted by Crippen LogP contribution is -2.05. The van der Waals surface area contributed by atoms with Crippen LogP contribution in [0, 0.1) is 11.6 Å². The smallest absolute Gasteiger partial charge is 0.241 e. The second kappa shape index (κ2) is 5.48. The molecule has 16 heavy (non-hydrogen) atoms. The number of hydrogen-bond acceptors (Lipinski definition) is 2. The van der Waals surface area contributed by atoms with E-state index < -0.39 is 42.4 Å². The number of aldehydes is 1. The molecule has 0 N–H and O–H groups in total. The molecule has 0 saturated heterocycles. The van der Waals surface area contributed by atoms with Crippen LogP contribution in [0.25, 0.3) is 0 Å².